The quantitative estimate of drug-likeness (QED) is 0.592. The molecular weight excluding hydrogens is 332 g/mol. The van der Waals surface area contributed by atoms with Gasteiger partial charge in [0.15, 0.2) is 0 Å². The van der Waals surface area contributed by atoms with Crippen molar-refractivity contribution in [2.24, 2.45) is 0 Å². The zero-order valence-corrected chi connectivity index (χ0v) is 14.3. The zero-order chi connectivity index (χ0) is 16.8. The third kappa shape index (κ3) is 2.41. The maximum absolute atomic E-state index is 13.1. The highest BCUT2D eigenvalue weighted by Gasteiger charge is 2.32. The van der Waals surface area contributed by atoms with E-state index < -0.39 is 0 Å². The molecule has 5 rings (SSSR count). The van der Waals surface area contributed by atoms with Crippen LogP contribution < -0.4 is 0 Å². The van der Waals surface area contributed by atoms with E-state index in [1.807, 2.05) is 41.3 Å². The second kappa shape index (κ2) is 5.67. The van der Waals surface area contributed by atoms with Crippen molar-refractivity contribution in [1.82, 2.24) is 20.1 Å². The molecule has 6 heteroatoms. The second-order valence-electron chi connectivity index (χ2n) is 6.35. The summed E-state index contributed by atoms with van der Waals surface area (Å²) in [4.78, 5) is 19.8. The van der Waals surface area contributed by atoms with Gasteiger partial charge in [0, 0.05) is 17.5 Å². The van der Waals surface area contributed by atoms with Gasteiger partial charge in [-0.1, -0.05) is 18.2 Å². The van der Waals surface area contributed by atoms with E-state index in [0.29, 0.717) is 5.56 Å². The van der Waals surface area contributed by atoms with Gasteiger partial charge in [0.25, 0.3) is 5.91 Å². The zero-order valence-electron chi connectivity index (χ0n) is 13.5. The fourth-order valence-corrected chi connectivity index (χ4v) is 4.65. The number of rotatable bonds is 2. The standard InChI is InChI=1S/C19H16N4OS/c24-19(12-7-8-13-11-20-22-15(13)10-12)23-9-3-5-16(23)18-21-14-4-1-2-6-17(14)25-18/h1-2,4,6-8,10-11,16H,3,5,9H2,(H,20,22)/t16-/m0/s1. The van der Waals surface area contributed by atoms with Crippen LogP contribution in [0.1, 0.15) is 34.2 Å². The number of amides is 1. The van der Waals surface area contributed by atoms with Gasteiger partial charge in [-0.25, -0.2) is 4.98 Å². The predicted octanol–water partition coefficient (Wildman–Crippen LogP) is 4.15. The molecule has 0 saturated carbocycles. The molecule has 4 aromatic rings. The molecule has 0 unspecified atom stereocenters. The van der Waals surface area contributed by atoms with Crippen molar-refractivity contribution in [2.45, 2.75) is 18.9 Å². The van der Waals surface area contributed by atoms with Gasteiger partial charge in [-0.05, 0) is 37.1 Å². The molecule has 0 aliphatic carbocycles. The van der Waals surface area contributed by atoms with Gasteiger partial charge >= 0.3 is 0 Å². The minimum Gasteiger partial charge on any atom is -0.329 e. The van der Waals surface area contributed by atoms with Gasteiger partial charge < -0.3 is 4.90 Å². The summed E-state index contributed by atoms with van der Waals surface area (Å²) in [5, 5.41) is 9.01. The number of benzene rings is 2. The number of aromatic nitrogens is 3. The Kier molecular flexibility index (Phi) is 3.31. The van der Waals surface area contributed by atoms with Crippen molar-refractivity contribution in [2.75, 3.05) is 6.54 Å². The Bertz CT molecular complexity index is 1050. The Morgan fingerprint density at radius 2 is 2.16 bits per heavy atom. The summed E-state index contributed by atoms with van der Waals surface area (Å²) in [7, 11) is 0. The van der Waals surface area contributed by atoms with Crippen LogP contribution in [-0.2, 0) is 0 Å². The molecule has 1 saturated heterocycles. The molecule has 25 heavy (non-hydrogen) atoms. The Labute approximate surface area is 148 Å². The maximum atomic E-state index is 13.1. The smallest absolute Gasteiger partial charge is 0.254 e. The minimum absolute atomic E-state index is 0.0678. The number of nitrogens with one attached hydrogen (secondary N) is 1. The van der Waals surface area contributed by atoms with E-state index in [1.165, 1.54) is 4.70 Å². The van der Waals surface area contributed by atoms with E-state index in [1.54, 1.807) is 17.5 Å². The Balaban J connectivity index is 1.50. The summed E-state index contributed by atoms with van der Waals surface area (Å²) in [5.74, 6) is 0.0678. The van der Waals surface area contributed by atoms with E-state index in [4.69, 9.17) is 4.98 Å². The van der Waals surface area contributed by atoms with Crippen LogP contribution in [-0.4, -0.2) is 32.5 Å². The van der Waals surface area contributed by atoms with Crippen molar-refractivity contribution in [1.29, 1.82) is 0 Å². The SMILES string of the molecule is O=C(c1ccc2cn[nH]c2c1)N1CCC[C@H]1c1nc2ccccc2s1. The van der Waals surface area contributed by atoms with Crippen LogP contribution in [0.4, 0.5) is 0 Å². The Morgan fingerprint density at radius 1 is 1.24 bits per heavy atom. The van der Waals surface area contributed by atoms with E-state index in [-0.39, 0.29) is 11.9 Å². The van der Waals surface area contributed by atoms with E-state index in [2.05, 4.69) is 16.3 Å². The summed E-state index contributed by atoms with van der Waals surface area (Å²) in [6, 6.07) is 13.9. The molecule has 1 fully saturated rings. The first-order valence-corrected chi connectivity index (χ1v) is 9.21. The number of thiazole rings is 1. The average molecular weight is 348 g/mol. The molecular formula is C19H16N4OS. The molecule has 1 aliphatic rings. The van der Waals surface area contributed by atoms with Crippen molar-refractivity contribution in [3.63, 3.8) is 0 Å². The number of fused-ring (bicyclic) bond motifs is 2. The van der Waals surface area contributed by atoms with Crippen LogP contribution in [0.2, 0.25) is 0 Å². The number of likely N-dealkylation sites (tertiary alicyclic amines) is 1. The molecule has 1 aliphatic heterocycles. The molecule has 2 aromatic carbocycles. The number of para-hydroxylation sites is 1. The maximum Gasteiger partial charge on any atom is 0.254 e. The molecule has 124 valence electrons. The average Bonchev–Trinajstić information content (AvgIpc) is 3.37. The Hall–Kier alpha value is -2.73. The molecule has 5 nitrogen and oxygen atoms in total. The number of hydrogen-bond donors (Lipinski definition) is 1. The summed E-state index contributed by atoms with van der Waals surface area (Å²) >= 11 is 1.69. The van der Waals surface area contributed by atoms with Gasteiger partial charge in [0.2, 0.25) is 0 Å². The number of aromatic amines is 1. The number of hydrogen-bond acceptors (Lipinski definition) is 4. The summed E-state index contributed by atoms with van der Waals surface area (Å²) in [6.07, 6.45) is 3.75. The van der Waals surface area contributed by atoms with Gasteiger partial charge in [-0.15, -0.1) is 11.3 Å². The fraction of sp³-hybridized carbons (Fsp3) is 0.211. The third-order valence-electron chi connectivity index (χ3n) is 4.80. The lowest BCUT2D eigenvalue weighted by Crippen LogP contribution is -2.30. The van der Waals surface area contributed by atoms with Crippen LogP contribution in [0.5, 0.6) is 0 Å². The Morgan fingerprint density at radius 3 is 3.08 bits per heavy atom. The van der Waals surface area contributed by atoms with Crippen molar-refractivity contribution in [3.8, 4) is 0 Å². The third-order valence-corrected chi connectivity index (χ3v) is 5.94. The monoisotopic (exact) mass is 348 g/mol. The second-order valence-corrected chi connectivity index (χ2v) is 7.41. The van der Waals surface area contributed by atoms with Gasteiger partial charge in [0.1, 0.15) is 5.01 Å². The van der Waals surface area contributed by atoms with Crippen LogP contribution >= 0.6 is 11.3 Å². The first-order valence-electron chi connectivity index (χ1n) is 8.39. The van der Waals surface area contributed by atoms with Gasteiger partial charge in [0.05, 0.1) is 28.0 Å². The lowest BCUT2D eigenvalue weighted by molar-refractivity contribution is 0.0735. The highest BCUT2D eigenvalue weighted by Crippen LogP contribution is 2.37. The number of nitrogens with zero attached hydrogens (tertiary/aromatic N) is 3. The van der Waals surface area contributed by atoms with Crippen LogP contribution in [0.15, 0.2) is 48.7 Å². The number of carbonyl (C=O) groups excluding carboxylic acids is 1. The number of carbonyl (C=O) groups is 1. The molecule has 2 aromatic heterocycles. The van der Waals surface area contributed by atoms with Crippen molar-refractivity contribution in [3.05, 3.63) is 59.2 Å². The number of H-pyrrole nitrogens is 1. The first-order chi connectivity index (χ1) is 12.3. The molecule has 1 amide bonds. The van der Waals surface area contributed by atoms with Gasteiger partial charge in [-0.3, -0.25) is 9.89 Å². The predicted molar refractivity (Wildman–Crippen MR) is 98.7 cm³/mol. The summed E-state index contributed by atoms with van der Waals surface area (Å²) in [5.41, 5.74) is 2.60. The van der Waals surface area contributed by atoms with Crippen molar-refractivity contribution < 1.29 is 4.79 Å². The molecule has 0 spiro atoms. The molecule has 3 heterocycles. The molecule has 0 bridgehead atoms. The van der Waals surface area contributed by atoms with E-state index in [0.717, 1.165) is 40.8 Å². The largest absolute Gasteiger partial charge is 0.329 e. The van der Waals surface area contributed by atoms with Crippen LogP contribution in [0.25, 0.3) is 21.1 Å². The lowest BCUT2D eigenvalue weighted by Gasteiger charge is -2.23. The molecule has 1 N–H and O–H groups in total. The summed E-state index contributed by atoms with van der Waals surface area (Å²) < 4.78 is 1.18. The summed E-state index contributed by atoms with van der Waals surface area (Å²) in [6.45, 7) is 0.778. The lowest BCUT2D eigenvalue weighted by atomic mass is 10.1. The van der Waals surface area contributed by atoms with Crippen LogP contribution in [0.3, 0.4) is 0 Å². The van der Waals surface area contributed by atoms with Crippen molar-refractivity contribution >= 4 is 38.4 Å². The topological polar surface area (TPSA) is 61.9 Å². The van der Waals surface area contributed by atoms with E-state index >= 15 is 0 Å². The minimum atomic E-state index is 0.0678. The molecule has 0 radical (unpaired) electrons. The highest BCUT2D eigenvalue weighted by molar-refractivity contribution is 7.18. The van der Waals surface area contributed by atoms with Crippen LogP contribution in [0, 0.1) is 0 Å². The highest BCUT2D eigenvalue weighted by atomic mass is 32.1. The first kappa shape index (κ1) is 14.6. The normalized spacial score (nSPS) is 17.6. The van der Waals surface area contributed by atoms with Gasteiger partial charge in [-0.2, -0.15) is 5.10 Å². The van der Waals surface area contributed by atoms with E-state index in [9.17, 15) is 4.79 Å². The fourth-order valence-electron chi connectivity index (χ4n) is 3.53. The molecule has 1 atom stereocenters.